The quantitative estimate of drug-likeness (QED) is 0.857. The summed E-state index contributed by atoms with van der Waals surface area (Å²) in [6.07, 6.45) is 1.01. The SMILES string of the molecule is CCNC(Cc1ccccc1)c1cc(OC)cs1. The monoisotopic (exact) mass is 261 g/mol. The van der Waals surface area contributed by atoms with Crippen LogP contribution in [-0.2, 0) is 6.42 Å². The number of hydrogen-bond acceptors (Lipinski definition) is 3. The molecule has 1 aromatic carbocycles. The van der Waals surface area contributed by atoms with Gasteiger partial charge in [-0.1, -0.05) is 37.3 Å². The van der Waals surface area contributed by atoms with Crippen molar-refractivity contribution < 1.29 is 4.74 Å². The molecule has 0 saturated carbocycles. The van der Waals surface area contributed by atoms with Gasteiger partial charge in [-0.05, 0) is 24.6 Å². The summed E-state index contributed by atoms with van der Waals surface area (Å²) in [5.41, 5.74) is 1.36. The molecule has 0 fully saturated rings. The summed E-state index contributed by atoms with van der Waals surface area (Å²) in [6, 6.07) is 13.1. The van der Waals surface area contributed by atoms with Gasteiger partial charge < -0.3 is 10.1 Å². The third-order valence-electron chi connectivity index (χ3n) is 2.91. The highest BCUT2D eigenvalue weighted by molar-refractivity contribution is 7.10. The van der Waals surface area contributed by atoms with Crippen molar-refractivity contribution in [3.05, 3.63) is 52.2 Å². The number of rotatable bonds is 6. The lowest BCUT2D eigenvalue weighted by atomic mass is 10.0. The van der Waals surface area contributed by atoms with Crippen molar-refractivity contribution in [1.29, 1.82) is 0 Å². The van der Waals surface area contributed by atoms with E-state index in [0.717, 1.165) is 18.7 Å². The summed E-state index contributed by atoms with van der Waals surface area (Å²) in [5.74, 6) is 0.950. The molecule has 0 bridgehead atoms. The second kappa shape index (κ2) is 6.57. The van der Waals surface area contributed by atoms with E-state index in [4.69, 9.17) is 4.74 Å². The van der Waals surface area contributed by atoms with Gasteiger partial charge in [-0.2, -0.15) is 0 Å². The van der Waals surface area contributed by atoms with Gasteiger partial charge in [0.05, 0.1) is 7.11 Å². The molecule has 1 N–H and O–H groups in total. The fourth-order valence-electron chi connectivity index (χ4n) is 1.99. The summed E-state index contributed by atoms with van der Waals surface area (Å²) >= 11 is 1.75. The van der Waals surface area contributed by atoms with E-state index in [1.54, 1.807) is 18.4 Å². The van der Waals surface area contributed by atoms with Crippen molar-refractivity contribution in [1.82, 2.24) is 5.32 Å². The molecule has 0 saturated heterocycles. The van der Waals surface area contributed by atoms with Crippen LogP contribution in [0.5, 0.6) is 5.75 Å². The lowest BCUT2D eigenvalue weighted by Crippen LogP contribution is -2.22. The Morgan fingerprint density at radius 2 is 2.06 bits per heavy atom. The molecule has 3 heteroatoms. The van der Waals surface area contributed by atoms with Crippen molar-refractivity contribution >= 4 is 11.3 Å². The largest absolute Gasteiger partial charge is 0.496 e. The molecule has 0 amide bonds. The minimum atomic E-state index is 0.367. The summed E-state index contributed by atoms with van der Waals surface area (Å²) in [5, 5.41) is 5.60. The van der Waals surface area contributed by atoms with Crippen molar-refractivity contribution in [2.45, 2.75) is 19.4 Å². The molecule has 1 atom stereocenters. The number of nitrogens with one attached hydrogen (secondary N) is 1. The van der Waals surface area contributed by atoms with Crippen LogP contribution in [0.1, 0.15) is 23.4 Å². The number of benzene rings is 1. The first-order chi connectivity index (χ1) is 8.83. The maximum absolute atomic E-state index is 5.26. The molecule has 0 spiro atoms. The Balaban J connectivity index is 2.12. The molecule has 18 heavy (non-hydrogen) atoms. The molecule has 0 aliphatic heterocycles. The number of ether oxygens (including phenoxy) is 1. The topological polar surface area (TPSA) is 21.3 Å². The predicted octanol–water partition coefficient (Wildman–Crippen LogP) is 3.65. The number of hydrogen-bond donors (Lipinski definition) is 1. The summed E-state index contributed by atoms with van der Waals surface area (Å²) in [6.45, 7) is 3.11. The number of methoxy groups -OCH3 is 1. The molecule has 0 radical (unpaired) electrons. The van der Waals surface area contributed by atoms with Gasteiger partial charge in [-0.15, -0.1) is 11.3 Å². The highest BCUT2D eigenvalue weighted by Crippen LogP contribution is 2.28. The molecule has 96 valence electrons. The average molecular weight is 261 g/mol. The molecule has 0 aliphatic carbocycles. The average Bonchev–Trinajstić information content (AvgIpc) is 2.88. The van der Waals surface area contributed by atoms with Crippen LogP contribution in [0.15, 0.2) is 41.8 Å². The minimum Gasteiger partial charge on any atom is -0.496 e. The number of likely N-dealkylation sites (N-methyl/N-ethyl adjacent to an activating group) is 1. The molecule has 0 aliphatic rings. The maximum atomic E-state index is 5.26. The molecular weight excluding hydrogens is 242 g/mol. The first-order valence-corrected chi connectivity index (χ1v) is 7.11. The van der Waals surface area contributed by atoms with E-state index in [0.29, 0.717) is 6.04 Å². The molecule has 2 aromatic rings. The molecule has 2 nitrogen and oxygen atoms in total. The Morgan fingerprint density at radius 1 is 1.28 bits per heavy atom. The van der Waals surface area contributed by atoms with E-state index in [1.165, 1.54) is 10.4 Å². The summed E-state index contributed by atoms with van der Waals surface area (Å²) in [4.78, 5) is 1.33. The van der Waals surface area contributed by atoms with Gasteiger partial charge in [0.15, 0.2) is 0 Å². The highest BCUT2D eigenvalue weighted by atomic mass is 32.1. The van der Waals surface area contributed by atoms with Crippen LogP contribution in [0.2, 0.25) is 0 Å². The standard InChI is InChI=1S/C15H19NOS/c1-3-16-14(9-12-7-5-4-6-8-12)15-10-13(17-2)11-18-15/h4-8,10-11,14,16H,3,9H2,1-2H3. The van der Waals surface area contributed by atoms with E-state index in [2.05, 4.69) is 54.0 Å². The van der Waals surface area contributed by atoms with Gasteiger partial charge in [0.2, 0.25) is 0 Å². The van der Waals surface area contributed by atoms with Gasteiger partial charge in [-0.3, -0.25) is 0 Å². The predicted molar refractivity (Wildman–Crippen MR) is 77.4 cm³/mol. The van der Waals surface area contributed by atoms with E-state index in [9.17, 15) is 0 Å². The molecular formula is C15H19NOS. The smallest absolute Gasteiger partial charge is 0.129 e. The summed E-state index contributed by atoms with van der Waals surface area (Å²) < 4.78 is 5.26. The van der Waals surface area contributed by atoms with Gasteiger partial charge in [0.1, 0.15) is 5.75 Å². The van der Waals surface area contributed by atoms with Gasteiger partial charge in [0, 0.05) is 16.3 Å². The maximum Gasteiger partial charge on any atom is 0.129 e. The minimum absolute atomic E-state index is 0.367. The summed E-state index contributed by atoms with van der Waals surface area (Å²) in [7, 11) is 1.71. The third-order valence-corrected chi connectivity index (χ3v) is 3.93. The van der Waals surface area contributed by atoms with Crippen LogP contribution in [0, 0.1) is 0 Å². The Bertz CT molecular complexity index is 466. The molecule has 1 aromatic heterocycles. The fraction of sp³-hybridized carbons (Fsp3) is 0.333. The van der Waals surface area contributed by atoms with Crippen LogP contribution in [0.25, 0.3) is 0 Å². The zero-order valence-corrected chi connectivity index (χ0v) is 11.7. The zero-order chi connectivity index (χ0) is 12.8. The number of thiophene rings is 1. The lowest BCUT2D eigenvalue weighted by molar-refractivity contribution is 0.415. The van der Waals surface area contributed by atoms with Gasteiger partial charge in [-0.25, -0.2) is 0 Å². The van der Waals surface area contributed by atoms with Crippen LogP contribution in [-0.4, -0.2) is 13.7 Å². The Kier molecular flexibility index (Phi) is 4.79. The van der Waals surface area contributed by atoms with Gasteiger partial charge in [0.25, 0.3) is 0 Å². The highest BCUT2D eigenvalue weighted by Gasteiger charge is 2.13. The third kappa shape index (κ3) is 3.34. The Morgan fingerprint density at radius 3 is 2.67 bits per heavy atom. The van der Waals surface area contributed by atoms with Crippen molar-refractivity contribution in [3.63, 3.8) is 0 Å². The first kappa shape index (κ1) is 13.1. The van der Waals surface area contributed by atoms with Crippen LogP contribution in [0.4, 0.5) is 0 Å². The second-order valence-electron chi connectivity index (χ2n) is 4.19. The Hall–Kier alpha value is -1.32. The fourth-order valence-corrected chi connectivity index (χ4v) is 2.93. The second-order valence-corrected chi connectivity index (χ2v) is 5.13. The van der Waals surface area contributed by atoms with E-state index < -0.39 is 0 Å². The molecule has 2 rings (SSSR count). The van der Waals surface area contributed by atoms with Crippen molar-refractivity contribution in [3.8, 4) is 5.75 Å². The first-order valence-electron chi connectivity index (χ1n) is 6.23. The zero-order valence-electron chi connectivity index (χ0n) is 10.8. The lowest BCUT2D eigenvalue weighted by Gasteiger charge is -2.16. The van der Waals surface area contributed by atoms with E-state index in [-0.39, 0.29) is 0 Å². The van der Waals surface area contributed by atoms with E-state index >= 15 is 0 Å². The van der Waals surface area contributed by atoms with Crippen molar-refractivity contribution in [2.75, 3.05) is 13.7 Å². The van der Waals surface area contributed by atoms with Crippen LogP contribution < -0.4 is 10.1 Å². The Labute approximate surface area is 113 Å². The molecule has 1 heterocycles. The van der Waals surface area contributed by atoms with E-state index in [1.807, 2.05) is 0 Å². The van der Waals surface area contributed by atoms with Gasteiger partial charge >= 0.3 is 0 Å². The normalized spacial score (nSPS) is 12.3. The van der Waals surface area contributed by atoms with Crippen LogP contribution >= 0.6 is 11.3 Å². The molecule has 1 unspecified atom stereocenters. The van der Waals surface area contributed by atoms with Crippen molar-refractivity contribution in [2.24, 2.45) is 0 Å². The van der Waals surface area contributed by atoms with Crippen LogP contribution in [0.3, 0.4) is 0 Å².